The van der Waals surface area contributed by atoms with Crippen molar-refractivity contribution in [2.75, 3.05) is 42.4 Å². The number of piperidine rings is 1. The highest BCUT2D eigenvalue weighted by Gasteiger charge is 2.25. The second-order valence-corrected chi connectivity index (χ2v) is 17.2. The Morgan fingerprint density at radius 2 is 1.73 bits per heavy atom. The van der Waals surface area contributed by atoms with E-state index in [0.717, 1.165) is 41.2 Å². The standard InChI is InChI=1S/C33H34N6O6S3/c1-21-4-7-24(8-5-21)48(43,44)38-17-12-25-30(38)36-33(39-31(25)34-27-13-18-46-29(27)32(39)40)35-26-9-6-23(20-28(26)45-2)37-15-10-22(11-16-37)14-19-47(3,41)42/h4-9,12-13,17-18,20,22H,10-11,14-16,19H2,1-3H3,(H,35,36). The molecule has 0 spiro atoms. The van der Waals surface area contributed by atoms with Crippen LogP contribution in [0.1, 0.15) is 24.8 Å². The zero-order chi connectivity index (χ0) is 33.8. The molecule has 1 aliphatic rings. The maximum atomic E-state index is 13.9. The summed E-state index contributed by atoms with van der Waals surface area (Å²) in [6.45, 7) is 3.46. The van der Waals surface area contributed by atoms with Crippen LogP contribution in [-0.4, -0.2) is 67.4 Å². The van der Waals surface area contributed by atoms with Crippen LogP contribution in [0.25, 0.3) is 26.9 Å². The number of thiophene rings is 1. The van der Waals surface area contributed by atoms with Crippen molar-refractivity contribution in [2.24, 2.45) is 5.92 Å². The molecule has 0 aliphatic carbocycles. The van der Waals surface area contributed by atoms with Crippen molar-refractivity contribution in [1.82, 2.24) is 18.3 Å². The molecule has 1 aliphatic heterocycles. The number of hydrogen-bond donors (Lipinski definition) is 1. The van der Waals surface area contributed by atoms with Gasteiger partial charge in [-0.3, -0.25) is 4.79 Å². The lowest BCUT2D eigenvalue weighted by atomic mass is 9.94. The van der Waals surface area contributed by atoms with Crippen molar-refractivity contribution >= 4 is 75.4 Å². The van der Waals surface area contributed by atoms with Crippen LogP contribution >= 0.6 is 11.3 Å². The van der Waals surface area contributed by atoms with E-state index < -0.39 is 19.9 Å². The topological polar surface area (TPSA) is 145 Å². The van der Waals surface area contributed by atoms with E-state index >= 15 is 0 Å². The Kier molecular flexibility index (Phi) is 8.16. The molecule has 1 N–H and O–H groups in total. The molecule has 15 heteroatoms. The molecule has 250 valence electrons. The Labute approximate surface area is 281 Å². The van der Waals surface area contributed by atoms with E-state index in [1.54, 1.807) is 48.9 Å². The van der Waals surface area contributed by atoms with Crippen molar-refractivity contribution < 1.29 is 21.6 Å². The lowest BCUT2D eigenvalue weighted by molar-refractivity contribution is 0.393. The molecule has 2 aromatic carbocycles. The molecular weight excluding hydrogens is 673 g/mol. The summed E-state index contributed by atoms with van der Waals surface area (Å²) in [5.74, 6) is 1.16. The molecule has 1 saturated heterocycles. The number of aryl methyl sites for hydroxylation is 1. The fourth-order valence-corrected chi connectivity index (χ4v) is 9.01. The van der Waals surface area contributed by atoms with Crippen LogP contribution in [-0.2, 0) is 19.9 Å². The average molecular weight is 707 g/mol. The van der Waals surface area contributed by atoms with E-state index in [-0.39, 0.29) is 33.5 Å². The van der Waals surface area contributed by atoms with Crippen LogP contribution in [0, 0.1) is 12.8 Å². The Bertz CT molecular complexity index is 2460. The van der Waals surface area contributed by atoms with Crippen LogP contribution < -0.4 is 20.5 Å². The van der Waals surface area contributed by atoms with Crippen molar-refractivity contribution in [3.63, 3.8) is 0 Å². The summed E-state index contributed by atoms with van der Waals surface area (Å²) in [6.07, 6.45) is 5.17. The second kappa shape index (κ2) is 12.2. The molecule has 0 radical (unpaired) electrons. The maximum absolute atomic E-state index is 13.9. The van der Waals surface area contributed by atoms with E-state index in [9.17, 15) is 21.6 Å². The SMILES string of the molecule is COc1cc(N2CCC(CCS(C)(=O)=O)CC2)ccc1Nc1nc2c(ccn2S(=O)(=O)c2ccc(C)cc2)c2nc3ccsc3c(=O)n12. The molecule has 48 heavy (non-hydrogen) atoms. The first-order valence-corrected chi connectivity index (χ1v) is 19.8. The molecule has 5 heterocycles. The highest BCUT2D eigenvalue weighted by atomic mass is 32.2. The number of hydrogen-bond acceptors (Lipinski definition) is 11. The van der Waals surface area contributed by atoms with Crippen molar-refractivity contribution in [3.8, 4) is 5.75 Å². The fraction of sp³-hybridized carbons (Fsp3) is 0.303. The average Bonchev–Trinajstić information content (AvgIpc) is 3.72. The van der Waals surface area contributed by atoms with E-state index in [1.165, 1.54) is 28.2 Å². The molecule has 1 fully saturated rings. The van der Waals surface area contributed by atoms with Crippen molar-refractivity contribution in [1.29, 1.82) is 0 Å². The number of benzene rings is 2. The molecule has 6 aromatic rings. The van der Waals surface area contributed by atoms with Crippen LogP contribution in [0.4, 0.5) is 17.3 Å². The van der Waals surface area contributed by atoms with Gasteiger partial charge in [0.05, 0.1) is 34.3 Å². The first kappa shape index (κ1) is 32.1. The molecule has 4 aromatic heterocycles. The van der Waals surface area contributed by atoms with Gasteiger partial charge in [-0.15, -0.1) is 11.3 Å². The number of ether oxygens (including phenoxy) is 1. The summed E-state index contributed by atoms with van der Waals surface area (Å²) in [6, 6.07) is 15.6. The zero-order valence-electron chi connectivity index (χ0n) is 26.6. The van der Waals surface area contributed by atoms with Crippen molar-refractivity contribution in [2.45, 2.75) is 31.1 Å². The number of fused-ring (bicyclic) bond motifs is 4. The van der Waals surface area contributed by atoms with Gasteiger partial charge in [0.2, 0.25) is 5.95 Å². The molecule has 0 atom stereocenters. The minimum atomic E-state index is -4.03. The monoisotopic (exact) mass is 706 g/mol. The fourth-order valence-electron chi connectivity index (χ4n) is 6.19. The van der Waals surface area contributed by atoms with Crippen LogP contribution in [0.3, 0.4) is 0 Å². The lowest BCUT2D eigenvalue weighted by Gasteiger charge is -2.34. The molecule has 0 bridgehead atoms. The minimum absolute atomic E-state index is 0.0853. The lowest BCUT2D eigenvalue weighted by Crippen LogP contribution is -2.34. The van der Waals surface area contributed by atoms with E-state index in [2.05, 4.69) is 10.2 Å². The first-order chi connectivity index (χ1) is 22.9. The smallest absolute Gasteiger partial charge is 0.278 e. The number of sulfone groups is 1. The van der Waals surface area contributed by atoms with Crippen LogP contribution in [0.2, 0.25) is 0 Å². The first-order valence-electron chi connectivity index (χ1n) is 15.4. The normalized spacial score (nSPS) is 14.7. The van der Waals surface area contributed by atoms with Crippen LogP contribution in [0.5, 0.6) is 5.75 Å². The van der Waals surface area contributed by atoms with Gasteiger partial charge in [0, 0.05) is 37.3 Å². The van der Waals surface area contributed by atoms with Gasteiger partial charge in [-0.25, -0.2) is 30.2 Å². The van der Waals surface area contributed by atoms with Gasteiger partial charge >= 0.3 is 0 Å². The third-order valence-electron chi connectivity index (χ3n) is 8.86. The quantitative estimate of drug-likeness (QED) is 0.213. The highest BCUT2D eigenvalue weighted by Crippen LogP contribution is 2.35. The molecule has 0 unspecified atom stereocenters. The summed E-state index contributed by atoms with van der Waals surface area (Å²) < 4.78 is 59.6. The van der Waals surface area contributed by atoms with Gasteiger partial charge in [0.15, 0.2) is 11.3 Å². The van der Waals surface area contributed by atoms with E-state index in [4.69, 9.17) is 14.7 Å². The number of rotatable bonds is 9. The Morgan fingerprint density at radius 3 is 2.44 bits per heavy atom. The zero-order valence-corrected chi connectivity index (χ0v) is 29.0. The number of nitrogens with zero attached hydrogens (tertiary/aromatic N) is 5. The summed E-state index contributed by atoms with van der Waals surface area (Å²) >= 11 is 1.27. The third-order valence-corrected chi connectivity index (χ3v) is 12.4. The molecular formula is C33H34N6O6S3. The summed E-state index contributed by atoms with van der Waals surface area (Å²) in [5, 5.41) is 5.45. The van der Waals surface area contributed by atoms with Crippen molar-refractivity contribution in [3.05, 3.63) is 82.1 Å². The molecule has 0 amide bonds. The highest BCUT2D eigenvalue weighted by molar-refractivity contribution is 7.90. The second-order valence-electron chi connectivity index (χ2n) is 12.2. The summed E-state index contributed by atoms with van der Waals surface area (Å²) in [5.41, 5.74) is 2.98. The summed E-state index contributed by atoms with van der Waals surface area (Å²) in [4.78, 5) is 25.7. The van der Waals surface area contributed by atoms with E-state index in [1.807, 2.05) is 25.1 Å². The number of methoxy groups -OCH3 is 1. The van der Waals surface area contributed by atoms with Crippen LogP contribution in [0.15, 0.2) is 75.9 Å². The number of anilines is 3. The summed E-state index contributed by atoms with van der Waals surface area (Å²) in [7, 11) is -5.46. The largest absolute Gasteiger partial charge is 0.494 e. The Balaban J connectivity index is 1.28. The maximum Gasteiger partial charge on any atom is 0.278 e. The minimum Gasteiger partial charge on any atom is -0.494 e. The van der Waals surface area contributed by atoms with Gasteiger partial charge in [-0.2, -0.15) is 4.98 Å². The Hall–Kier alpha value is -4.47. The molecule has 12 nitrogen and oxygen atoms in total. The van der Waals surface area contributed by atoms with Gasteiger partial charge in [-0.1, -0.05) is 17.7 Å². The third kappa shape index (κ3) is 5.90. The van der Waals surface area contributed by atoms with Gasteiger partial charge in [0.1, 0.15) is 20.3 Å². The van der Waals surface area contributed by atoms with Gasteiger partial charge in [-0.05, 0) is 73.9 Å². The predicted molar refractivity (Wildman–Crippen MR) is 189 cm³/mol. The number of nitrogens with one attached hydrogen (secondary N) is 1. The van der Waals surface area contributed by atoms with E-state index in [0.29, 0.717) is 39.4 Å². The molecule has 7 rings (SSSR count). The molecule has 0 saturated carbocycles. The number of aromatic nitrogens is 4. The van der Waals surface area contributed by atoms with Gasteiger partial charge < -0.3 is 15.0 Å². The Morgan fingerprint density at radius 1 is 0.979 bits per heavy atom. The predicted octanol–water partition coefficient (Wildman–Crippen LogP) is 5.21. The van der Waals surface area contributed by atoms with Gasteiger partial charge in [0.25, 0.3) is 15.6 Å².